The smallest absolute Gasteiger partial charge is 0.234 e. The Morgan fingerprint density at radius 3 is 2.90 bits per heavy atom. The highest BCUT2D eigenvalue weighted by atomic mass is 32.2. The van der Waals surface area contributed by atoms with Crippen molar-refractivity contribution in [3.05, 3.63) is 65.0 Å². The van der Waals surface area contributed by atoms with Gasteiger partial charge in [0, 0.05) is 17.9 Å². The normalized spacial score (nSPS) is 16.4. The first-order valence-corrected chi connectivity index (χ1v) is 11.2. The van der Waals surface area contributed by atoms with Gasteiger partial charge in [-0.2, -0.15) is 4.68 Å². The summed E-state index contributed by atoms with van der Waals surface area (Å²) < 4.78 is 15.9. The molecule has 0 saturated carbocycles. The van der Waals surface area contributed by atoms with Gasteiger partial charge in [0.1, 0.15) is 11.2 Å². The summed E-state index contributed by atoms with van der Waals surface area (Å²) >= 11 is 2.87. The zero-order chi connectivity index (χ0) is 20.4. The SMILES string of the molecule is Cc1ccc(-n2nnnc2SCC(=O)N2CCS[C@H]2c2ccccc2F)c(C)c1. The molecule has 9 heteroatoms. The van der Waals surface area contributed by atoms with Crippen LogP contribution in [-0.2, 0) is 4.79 Å². The molecular weight excluding hydrogens is 409 g/mol. The summed E-state index contributed by atoms with van der Waals surface area (Å²) in [6.45, 7) is 4.64. The average molecular weight is 430 g/mol. The quantitative estimate of drug-likeness (QED) is 0.575. The maximum absolute atomic E-state index is 14.2. The van der Waals surface area contributed by atoms with Crippen LogP contribution >= 0.6 is 23.5 Å². The van der Waals surface area contributed by atoms with Crippen molar-refractivity contribution < 1.29 is 9.18 Å². The second kappa shape index (κ2) is 8.54. The lowest BCUT2D eigenvalue weighted by atomic mass is 10.1. The highest BCUT2D eigenvalue weighted by molar-refractivity contribution is 8.00. The molecule has 1 amide bonds. The zero-order valence-electron chi connectivity index (χ0n) is 16.1. The fourth-order valence-corrected chi connectivity index (χ4v) is 5.40. The summed E-state index contributed by atoms with van der Waals surface area (Å²) in [5.74, 6) is 0.645. The van der Waals surface area contributed by atoms with Crippen molar-refractivity contribution in [2.75, 3.05) is 18.1 Å². The van der Waals surface area contributed by atoms with Gasteiger partial charge in [-0.15, -0.1) is 16.9 Å². The van der Waals surface area contributed by atoms with E-state index in [-0.39, 0.29) is 22.9 Å². The van der Waals surface area contributed by atoms with Crippen LogP contribution in [0.1, 0.15) is 22.1 Å². The van der Waals surface area contributed by atoms with Crippen LogP contribution in [-0.4, -0.2) is 49.1 Å². The van der Waals surface area contributed by atoms with Crippen molar-refractivity contribution in [2.24, 2.45) is 0 Å². The predicted octanol–water partition coefficient (Wildman–Crippen LogP) is 3.78. The number of aromatic nitrogens is 4. The summed E-state index contributed by atoms with van der Waals surface area (Å²) in [6, 6.07) is 12.7. The van der Waals surface area contributed by atoms with E-state index in [1.165, 1.54) is 17.8 Å². The Labute approximate surface area is 176 Å². The van der Waals surface area contributed by atoms with Crippen LogP contribution in [0.15, 0.2) is 47.6 Å². The number of carbonyl (C=O) groups excluding carboxylic acids is 1. The summed E-state index contributed by atoms with van der Waals surface area (Å²) in [5, 5.41) is 12.2. The molecule has 1 aromatic heterocycles. The Bertz CT molecular complexity index is 1040. The molecule has 1 aliphatic rings. The van der Waals surface area contributed by atoms with Crippen LogP contribution in [0.3, 0.4) is 0 Å². The monoisotopic (exact) mass is 429 g/mol. The van der Waals surface area contributed by atoms with Gasteiger partial charge in [-0.25, -0.2) is 4.39 Å². The molecule has 29 heavy (non-hydrogen) atoms. The van der Waals surface area contributed by atoms with Gasteiger partial charge >= 0.3 is 0 Å². The molecule has 0 N–H and O–H groups in total. The number of thioether (sulfide) groups is 2. The molecule has 4 rings (SSSR count). The highest BCUT2D eigenvalue weighted by Crippen LogP contribution is 2.39. The lowest BCUT2D eigenvalue weighted by Crippen LogP contribution is -2.32. The number of halogens is 1. The zero-order valence-corrected chi connectivity index (χ0v) is 17.7. The molecule has 1 atom stereocenters. The Morgan fingerprint density at radius 2 is 2.10 bits per heavy atom. The van der Waals surface area contributed by atoms with Gasteiger partial charge < -0.3 is 4.90 Å². The van der Waals surface area contributed by atoms with E-state index in [1.807, 2.05) is 26.0 Å². The molecule has 6 nitrogen and oxygen atoms in total. The van der Waals surface area contributed by atoms with Crippen LogP contribution in [0.4, 0.5) is 4.39 Å². The van der Waals surface area contributed by atoms with Crippen molar-refractivity contribution in [3.63, 3.8) is 0 Å². The van der Waals surface area contributed by atoms with Crippen LogP contribution < -0.4 is 0 Å². The highest BCUT2D eigenvalue weighted by Gasteiger charge is 2.32. The van der Waals surface area contributed by atoms with E-state index in [4.69, 9.17) is 0 Å². The van der Waals surface area contributed by atoms with E-state index in [2.05, 4.69) is 21.6 Å². The van der Waals surface area contributed by atoms with Crippen molar-refractivity contribution >= 4 is 29.4 Å². The molecule has 0 bridgehead atoms. The second-order valence-electron chi connectivity index (χ2n) is 6.78. The predicted molar refractivity (Wildman–Crippen MR) is 113 cm³/mol. The number of tetrazole rings is 1. The molecule has 0 radical (unpaired) electrons. The van der Waals surface area contributed by atoms with E-state index < -0.39 is 0 Å². The molecule has 0 spiro atoms. The molecule has 2 heterocycles. The Morgan fingerprint density at radius 1 is 1.28 bits per heavy atom. The molecule has 1 saturated heterocycles. The van der Waals surface area contributed by atoms with E-state index in [1.54, 1.807) is 39.5 Å². The van der Waals surface area contributed by atoms with Crippen LogP contribution in [0.25, 0.3) is 5.69 Å². The minimum Gasteiger partial charge on any atom is -0.325 e. The standard InChI is InChI=1S/C20H20FN5OS2/c1-13-7-8-17(14(2)11-13)26-20(22-23-24-26)29-12-18(27)25-9-10-28-19(25)15-5-3-4-6-16(15)21/h3-8,11,19H,9-10,12H2,1-2H3/t19-/m0/s1. The fraction of sp³-hybridized carbons (Fsp3) is 0.300. The summed E-state index contributed by atoms with van der Waals surface area (Å²) in [4.78, 5) is 14.6. The van der Waals surface area contributed by atoms with Gasteiger partial charge in [0.15, 0.2) is 0 Å². The number of amides is 1. The minimum atomic E-state index is -0.292. The topological polar surface area (TPSA) is 63.9 Å². The van der Waals surface area contributed by atoms with E-state index in [0.29, 0.717) is 17.3 Å². The van der Waals surface area contributed by atoms with Gasteiger partial charge in [0.25, 0.3) is 0 Å². The first kappa shape index (κ1) is 19.9. The number of nitrogens with zero attached hydrogens (tertiary/aromatic N) is 5. The van der Waals surface area contributed by atoms with Crippen molar-refractivity contribution in [1.29, 1.82) is 0 Å². The molecule has 0 aliphatic carbocycles. The summed E-state index contributed by atoms with van der Waals surface area (Å²) in [5.41, 5.74) is 3.65. The minimum absolute atomic E-state index is 0.0524. The van der Waals surface area contributed by atoms with Gasteiger partial charge in [-0.1, -0.05) is 47.7 Å². The third-order valence-electron chi connectivity index (χ3n) is 4.73. The number of hydrogen-bond acceptors (Lipinski definition) is 6. The molecule has 0 unspecified atom stereocenters. The largest absolute Gasteiger partial charge is 0.325 e. The van der Waals surface area contributed by atoms with Crippen molar-refractivity contribution in [2.45, 2.75) is 24.4 Å². The number of hydrogen-bond donors (Lipinski definition) is 0. The maximum atomic E-state index is 14.2. The molecule has 2 aromatic carbocycles. The third-order valence-corrected chi connectivity index (χ3v) is 6.88. The second-order valence-corrected chi connectivity index (χ2v) is 8.91. The third kappa shape index (κ3) is 4.16. The Hall–Kier alpha value is -2.39. The fourth-order valence-electron chi connectivity index (χ4n) is 3.33. The lowest BCUT2D eigenvalue weighted by molar-refractivity contribution is -0.128. The average Bonchev–Trinajstić information content (AvgIpc) is 3.36. The van der Waals surface area contributed by atoms with Crippen LogP contribution in [0.5, 0.6) is 0 Å². The van der Waals surface area contributed by atoms with Crippen LogP contribution in [0, 0.1) is 19.7 Å². The Kier molecular flexibility index (Phi) is 5.86. The summed E-state index contributed by atoms with van der Waals surface area (Å²) in [6.07, 6.45) is 0. The first-order valence-electron chi connectivity index (χ1n) is 9.19. The molecule has 150 valence electrons. The van der Waals surface area contributed by atoms with E-state index >= 15 is 0 Å². The number of benzene rings is 2. The molecule has 1 fully saturated rings. The number of aryl methyl sites for hydroxylation is 2. The van der Waals surface area contributed by atoms with Crippen molar-refractivity contribution in [3.8, 4) is 5.69 Å². The van der Waals surface area contributed by atoms with Gasteiger partial charge in [0.2, 0.25) is 11.1 Å². The van der Waals surface area contributed by atoms with Gasteiger partial charge in [0.05, 0.1) is 11.4 Å². The van der Waals surface area contributed by atoms with E-state index in [9.17, 15) is 9.18 Å². The molecular formula is C20H20FN5OS2. The number of carbonyl (C=O) groups is 1. The molecule has 3 aromatic rings. The van der Waals surface area contributed by atoms with Gasteiger partial charge in [-0.05, 0) is 42.0 Å². The van der Waals surface area contributed by atoms with Crippen molar-refractivity contribution in [1.82, 2.24) is 25.1 Å². The molecule has 1 aliphatic heterocycles. The first-order chi connectivity index (χ1) is 14.0. The van der Waals surface area contributed by atoms with Gasteiger partial charge in [-0.3, -0.25) is 4.79 Å². The Balaban J connectivity index is 1.48. The lowest BCUT2D eigenvalue weighted by Gasteiger charge is -2.24. The summed E-state index contributed by atoms with van der Waals surface area (Å²) in [7, 11) is 0. The van der Waals surface area contributed by atoms with E-state index in [0.717, 1.165) is 22.6 Å². The van der Waals surface area contributed by atoms with Crippen LogP contribution in [0.2, 0.25) is 0 Å². The number of rotatable bonds is 5. The maximum Gasteiger partial charge on any atom is 0.234 e.